The van der Waals surface area contributed by atoms with E-state index in [1.54, 1.807) is 37.6 Å². The van der Waals surface area contributed by atoms with Crippen LogP contribution in [-0.2, 0) is 6.61 Å². The third kappa shape index (κ3) is 2.63. The molecule has 0 aliphatic heterocycles. The molecule has 5 heteroatoms. The molecule has 5 nitrogen and oxygen atoms in total. The Balaban J connectivity index is 2.20. The fraction of sp³-hybridized carbons (Fsp3) is 0.154. The van der Waals surface area contributed by atoms with Crippen molar-refractivity contribution < 1.29 is 13.9 Å². The van der Waals surface area contributed by atoms with Gasteiger partial charge in [0.25, 0.3) is 0 Å². The molecule has 0 saturated heterocycles. The van der Waals surface area contributed by atoms with Gasteiger partial charge in [-0.2, -0.15) is 0 Å². The molecule has 0 aliphatic carbocycles. The van der Waals surface area contributed by atoms with E-state index in [9.17, 15) is 0 Å². The van der Waals surface area contributed by atoms with Gasteiger partial charge in [0, 0.05) is 6.07 Å². The van der Waals surface area contributed by atoms with Gasteiger partial charge in [-0.1, -0.05) is 0 Å². The van der Waals surface area contributed by atoms with Crippen molar-refractivity contribution in [2.24, 2.45) is 5.73 Å². The summed E-state index contributed by atoms with van der Waals surface area (Å²) < 4.78 is 15.9. The SMILES string of the molecule is COc1ccc(C(=N)N)c(OCc2ccco2)c1. The van der Waals surface area contributed by atoms with Crippen LogP contribution in [0.3, 0.4) is 0 Å². The van der Waals surface area contributed by atoms with Crippen molar-refractivity contribution in [3.05, 3.63) is 47.9 Å². The number of hydrogen-bond donors (Lipinski definition) is 2. The fourth-order valence-corrected chi connectivity index (χ4v) is 1.52. The lowest BCUT2D eigenvalue weighted by molar-refractivity contribution is 0.268. The molecule has 0 radical (unpaired) electrons. The van der Waals surface area contributed by atoms with E-state index in [-0.39, 0.29) is 12.4 Å². The van der Waals surface area contributed by atoms with E-state index in [1.165, 1.54) is 0 Å². The van der Waals surface area contributed by atoms with Gasteiger partial charge in [-0.05, 0) is 24.3 Å². The molecule has 94 valence electrons. The number of methoxy groups -OCH3 is 1. The number of amidine groups is 1. The lowest BCUT2D eigenvalue weighted by Crippen LogP contribution is -2.13. The predicted molar refractivity (Wildman–Crippen MR) is 67.1 cm³/mol. The Bertz CT molecular complexity index is 535. The summed E-state index contributed by atoms with van der Waals surface area (Å²) in [5, 5.41) is 7.49. The van der Waals surface area contributed by atoms with Crippen LogP contribution in [0.5, 0.6) is 11.5 Å². The van der Waals surface area contributed by atoms with Crippen LogP contribution in [0.1, 0.15) is 11.3 Å². The molecule has 1 aromatic carbocycles. The minimum Gasteiger partial charge on any atom is -0.497 e. The molecule has 0 aliphatic rings. The van der Waals surface area contributed by atoms with Crippen LogP contribution in [0.25, 0.3) is 0 Å². The molecule has 0 spiro atoms. The topological polar surface area (TPSA) is 81.5 Å². The van der Waals surface area contributed by atoms with Crippen LogP contribution in [0, 0.1) is 5.41 Å². The standard InChI is InChI=1S/C13H14N2O3/c1-16-9-4-5-11(13(14)15)12(7-9)18-8-10-3-2-6-17-10/h2-7H,8H2,1H3,(H3,14,15). The molecule has 18 heavy (non-hydrogen) atoms. The quantitative estimate of drug-likeness (QED) is 0.625. The molecule has 2 rings (SSSR count). The Morgan fingerprint density at radius 1 is 1.39 bits per heavy atom. The van der Waals surface area contributed by atoms with Crippen molar-refractivity contribution in [2.45, 2.75) is 6.61 Å². The van der Waals surface area contributed by atoms with E-state index >= 15 is 0 Å². The molecule has 0 atom stereocenters. The summed E-state index contributed by atoms with van der Waals surface area (Å²) in [5.41, 5.74) is 6.02. The van der Waals surface area contributed by atoms with Crippen molar-refractivity contribution in [3.63, 3.8) is 0 Å². The van der Waals surface area contributed by atoms with Crippen LogP contribution in [-0.4, -0.2) is 12.9 Å². The van der Waals surface area contributed by atoms with Gasteiger partial charge in [0.2, 0.25) is 0 Å². The van der Waals surface area contributed by atoms with Crippen molar-refractivity contribution in [1.82, 2.24) is 0 Å². The number of hydrogen-bond acceptors (Lipinski definition) is 4. The maximum atomic E-state index is 7.49. The van der Waals surface area contributed by atoms with E-state index < -0.39 is 0 Å². The monoisotopic (exact) mass is 246 g/mol. The first kappa shape index (κ1) is 12.0. The minimum atomic E-state index is -0.0490. The fourth-order valence-electron chi connectivity index (χ4n) is 1.52. The highest BCUT2D eigenvalue weighted by atomic mass is 16.5. The average Bonchev–Trinajstić information content (AvgIpc) is 2.88. The van der Waals surface area contributed by atoms with Gasteiger partial charge in [-0.3, -0.25) is 5.41 Å². The molecule has 3 N–H and O–H groups in total. The molecule has 0 unspecified atom stereocenters. The van der Waals surface area contributed by atoms with E-state index in [0.717, 1.165) is 0 Å². The molecule has 2 aromatic rings. The summed E-state index contributed by atoms with van der Waals surface area (Å²) in [6.07, 6.45) is 1.58. The Labute approximate surface area is 105 Å². The van der Waals surface area contributed by atoms with Crippen molar-refractivity contribution in [2.75, 3.05) is 7.11 Å². The first-order valence-corrected chi connectivity index (χ1v) is 5.38. The number of nitrogen functional groups attached to an aromatic ring is 1. The van der Waals surface area contributed by atoms with Crippen LogP contribution >= 0.6 is 0 Å². The molecule has 1 heterocycles. The Hall–Kier alpha value is -2.43. The molecule has 0 fully saturated rings. The minimum absolute atomic E-state index is 0.0490. The lowest BCUT2D eigenvalue weighted by Gasteiger charge is -2.11. The lowest BCUT2D eigenvalue weighted by atomic mass is 10.2. The summed E-state index contributed by atoms with van der Waals surface area (Å²) in [5.74, 6) is 1.80. The predicted octanol–water partition coefficient (Wildman–Crippen LogP) is 2.15. The van der Waals surface area contributed by atoms with Gasteiger partial charge in [0.1, 0.15) is 29.7 Å². The number of ether oxygens (including phenoxy) is 2. The van der Waals surface area contributed by atoms with Gasteiger partial charge >= 0.3 is 0 Å². The zero-order valence-electron chi connectivity index (χ0n) is 9.97. The van der Waals surface area contributed by atoms with Gasteiger partial charge in [-0.25, -0.2) is 0 Å². The van der Waals surface area contributed by atoms with Crippen molar-refractivity contribution in [3.8, 4) is 11.5 Å². The smallest absolute Gasteiger partial charge is 0.146 e. The van der Waals surface area contributed by atoms with E-state index in [1.807, 2.05) is 6.07 Å². The highest BCUT2D eigenvalue weighted by molar-refractivity contribution is 5.97. The molecule has 0 saturated carbocycles. The highest BCUT2D eigenvalue weighted by Gasteiger charge is 2.09. The van der Waals surface area contributed by atoms with E-state index in [4.69, 9.17) is 25.0 Å². The van der Waals surface area contributed by atoms with Crippen LogP contribution < -0.4 is 15.2 Å². The summed E-state index contributed by atoms with van der Waals surface area (Å²) in [6.45, 7) is 0.278. The third-order valence-electron chi connectivity index (χ3n) is 2.43. The molecular weight excluding hydrogens is 232 g/mol. The number of nitrogens with two attached hydrogens (primary N) is 1. The summed E-state index contributed by atoms with van der Waals surface area (Å²) >= 11 is 0. The molecule has 0 amide bonds. The second-order valence-corrected chi connectivity index (χ2v) is 3.64. The van der Waals surface area contributed by atoms with Crippen LogP contribution in [0.15, 0.2) is 41.0 Å². The van der Waals surface area contributed by atoms with Gasteiger partial charge in [0.15, 0.2) is 0 Å². The number of benzene rings is 1. The second-order valence-electron chi connectivity index (χ2n) is 3.64. The first-order valence-electron chi connectivity index (χ1n) is 5.38. The normalized spacial score (nSPS) is 10.1. The first-order chi connectivity index (χ1) is 8.70. The summed E-state index contributed by atoms with van der Waals surface area (Å²) in [7, 11) is 1.57. The summed E-state index contributed by atoms with van der Waals surface area (Å²) in [4.78, 5) is 0. The van der Waals surface area contributed by atoms with Crippen LogP contribution in [0.4, 0.5) is 0 Å². The maximum absolute atomic E-state index is 7.49. The Kier molecular flexibility index (Phi) is 3.52. The zero-order valence-corrected chi connectivity index (χ0v) is 9.97. The van der Waals surface area contributed by atoms with Gasteiger partial charge in [-0.15, -0.1) is 0 Å². The molecular formula is C13H14N2O3. The maximum Gasteiger partial charge on any atom is 0.146 e. The molecule has 1 aromatic heterocycles. The Morgan fingerprint density at radius 2 is 2.22 bits per heavy atom. The number of furan rings is 1. The van der Waals surface area contributed by atoms with Crippen molar-refractivity contribution in [1.29, 1.82) is 5.41 Å². The summed E-state index contributed by atoms with van der Waals surface area (Å²) in [6, 6.07) is 8.72. The highest BCUT2D eigenvalue weighted by Crippen LogP contribution is 2.25. The third-order valence-corrected chi connectivity index (χ3v) is 2.43. The Morgan fingerprint density at radius 3 is 2.83 bits per heavy atom. The zero-order chi connectivity index (χ0) is 13.0. The largest absolute Gasteiger partial charge is 0.497 e. The van der Waals surface area contributed by atoms with Gasteiger partial charge < -0.3 is 19.6 Å². The molecule has 0 bridgehead atoms. The number of nitrogens with one attached hydrogen (secondary N) is 1. The van der Waals surface area contributed by atoms with Gasteiger partial charge in [0.05, 0.1) is 18.9 Å². The average molecular weight is 246 g/mol. The van der Waals surface area contributed by atoms with E-state index in [2.05, 4.69) is 0 Å². The number of rotatable bonds is 5. The van der Waals surface area contributed by atoms with Crippen molar-refractivity contribution >= 4 is 5.84 Å². The second kappa shape index (κ2) is 5.27. The van der Waals surface area contributed by atoms with E-state index in [0.29, 0.717) is 22.8 Å². The van der Waals surface area contributed by atoms with Crippen LogP contribution in [0.2, 0.25) is 0 Å².